The number of ether oxygens (including phenoxy) is 2. The maximum Gasteiger partial charge on any atom is 0.471 e. The number of thioether (sulfide) groups is 1. The van der Waals surface area contributed by atoms with Crippen molar-refractivity contribution in [1.29, 1.82) is 0 Å². The van der Waals surface area contributed by atoms with Gasteiger partial charge < -0.3 is 18.8 Å². The van der Waals surface area contributed by atoms with Gasteiger partial charge in [0, 0.05) is 29.0 Å². The van der Waals surface area contributed by atoms with Gasteiger partial charge in [-0.1, -0.05) is 24.3 Å². The first-order valence-corrected chi connectivity index (χ1v) is 13.6. The first-order valence-electron chi connectivity index (χ1n) is 12.6. The largest absolute Gasteiger partial charge is 0.493 e. The van der Waals surface area contributed by atoms with Gasteiger partial charge in [0.1, 0.15) is 11.3 Å². The molecule has 1 aliphatic heterocycles. The molecule has 5 nitrogen and oxygen atoms in total. The van der Waals surface area contributed by atoms with Gasteiger partial charge in [0.2, 0.25) is 0 Å². The third-order valence-electron chi connectivity index (χ3n) is 6.93. The lowest BCUT2D eigenvalue weighted by Crippen LogP contribution is -2.47. The Hall–Kier alpha value is -3.59. The summed E-state index contributed by atoms with van der Waals surface area (Å²) in [5.74, 6) is 0.814. The summed E-state index contributed by atoms with van der Waals surface area (Å²) in [6, 6.07) is 20.3. The molecule has 1 aromatic heterocycles. The quantitative estimate of drug-likeness (QED) is 0.219. The molecular weight excluding hydrogens is 527 g/mol. The summed E-state index contributed by atoms with van der Waals surface area (Å²) in [4.78, 5) is 14.6. The van der Waals surface area contributed by atoms with Crippen LogP contribution in [0.15, 0.2) is 76.0 Å². The van der Waals surface area contributed by atoms with Gasteiger partial charge in [0.05, 0.1) is 20.3 Å². The number of hydrogen-bond donors (Lipinski definition) is 0. The van der Waals surface area contributed by atoms with Crippen molar-refractivity contribution in [2.75, 3.05) is 26.5 Å². The number of methoxy groups -OCH3 is 2. The normalized spacial score (nSPS) is 15.3. The van der Waals surface area contributed by atoms with E-state index in [1.54, 1.807) is 30.0 Å². The molecule has 0 spiro atoms. The lowest BCUT2D eigenvalue weighted by molar-refractivity contribution is -0.188. The van der Waals surface area contributed by atoms with Crippen LogP contribution in [0.5, 0.6) is 11.5 Å². The van der Waals surface area contributed by atoms with Crippen LogP contribution >= 0.6 is 11.8 Å². The number of benzene rings is 3. The van der Waals surface area contributed by atoms with E-state index in [1.165, 1.54) is 19.1 Å². The van der Waals surface area contributed by atoms with Crippen molar-refractivity contribution in [3.05, 3.63) is 89.2 Å². The third-order valence-corrected chi connectivity index (χ3v) is 7.94. The molecule has 0 bridgehead atoms. The molecule has 39 heavy (non-hydrogen) atoms. The minimum absolute atomic E-state index is 0.0317. The molecule has 204 valence electrons. The van der Waals surface area contributed by atoms with Crippen LogP contribution in [0.4, 0.5) is 13.2 Å². The van der Waals surface area contributed by atoms with Crippen molar-refractivity contribution < 1.29 is 31.9 Å². The monoisotopic (exact) mass is 555 g/mol. The lowest BCUT2D eigenvalue weighted by atomic mass is 9.87. The van der Waals surface area contributed by atoms with Crippen molar-refractivity contribution in [2.45, 2.75) is 36.4 Å². The van der Waals surface area contributed by atoms with Crippen LogP contribution in [0.3, 0.4) is 0 Å². The summed E-state index contributed by atoms with van der Waals surface area (Å²) < 4.78 is 57.6. The summed E-state index contributed by atoms with van der Waals surface area (Å²) in [7, 11) is 3.02. The highest BCUT2D eigenvalue weighted by atomic mass is 32.2. The van der Waals surface area contributed by atoms with Crippen LogP contribution in [0, 0.1) is 0 Å². The van der Waals surface area contributed by atoms with Crippen molar-refractivity contribution in [3.63, 3.8) is 0 Å². The molecule has 0 aliphatic carbocycles. The Morgan fingerprint density at radius 3 is 2.51 bits per heavy atom. The van der Waals surface area contributed by atoms with Crippen LogP contribution in [0.25, 0.3) is 11.0 Å². The molecule has 9 heteroatoms. The maximum absolute atomic E-state index is 13.6. The molecule has 5 rings (SSSR count). The number of halogens is 3. The predicted octanol–water partition coefficient (Wildman–Crippen LogP) is 7.02. The molecule has 1 amide bonds. The summed E-state index contributed by atoms with van der Waals surface area (Å²) in [6.45, 7) is -0.0317. The van der Waals surface area contributed by atoms with Crippen LogP contribution in [-0.2, 0) is 24.1 Å². The molecule has 2 heterocycles. The molecule has 3 aromatic carbocycles. The zero-order chi connectivity index (χ0) is 27.6. The van der Waals surface area contributed by atoms with E-state index in [0.29, 0.717) is 35.5 Å². The number of aryl methyl sites for hydroxylation is 1. The molecular formula is C30H28F3NO4S. The van der Waals surface area contributed by atoms with Gasteiger partial charge in [-0.15, -0.1) is 11.8 Å². The second kappa shape index (κ2) is 11.3. The predicted molar refractivity (Wildman–Crippen MR) is 145 cm³/mol. The molecule has 1 atom stereocenters. The van der Waals surface area contributed by atoms with E-state index < -0.39 is 18.1 Å². The van der Waals surface area contributed by atoms with E-state index in [-0.39, 0.29) is 13.0 Å². The van der Waals surface area contributed by atoms with Crippen molar-refractivity contribution in [2.24, 2.45) is 0 Å². The standard InChI is InChI=1S/C30H28F3NO4S/c1-36-26-9-8-19(15-28(26)37-2)14-25-24-17-21-16-22(11-13-39-23-6-4-3-5-7-23)38-27(21)18-20(24)10-12-34(25)29(35)30(31,32)33/h3-9,15-18,25H,10-14H2,1-2H3. The SMILES string of the molecule is COc1ccc(CC2c3cc4cc(CCSc5ccccc5)oc4cc3CCN2C(=O)C(F)(F)F)cc1OC. The van der Waals surface area contributed by atoms with Gasteiger partial charge in [-0.2, -0.15) is 13.2 Å². The van der Waals surface area contributed by atoms with Gasteiger partial charge >= 0.3 is 12.1 Å². The zero-order valence-corrected chi connectivity index (χ0v) is 22.4. The van der Waals surface area contributed by atoms with Crippen LogP contribution < -0.4 is 9.47 Å². The minimum atomic E-state index is -4.96. The van der Waals surface area contributed by atoms with Crippen molar-refractivity contribution >= 4 is 28.6 Å². The number of rotatable bonds is 8. The molecule has 0 fully saturated rings. The van der Waals surface area contributed by atoms with Crippen LogP contribution in [-0.4, -0.2) is 43.5 Å². The van der Waals surface area contributed by atoms with E-state index in [2.05, 4.69) is 12.1 Å². The van der Waals surface area contributed by atoms with Gasteiger partial charge in [0.15, 0.2) is 11.5 Å². The maximum atomic E-state index is 13.6. The summed E-state index contributed by atoms with van der Waals surface area (Å²) >= 11 is 1.73. The number of hydrogen-bond acceptors (Lipinski definition) is 5. The summed E-state index contributed by atoms with van der Waals surface area (Å²) in [5.41, 5.74) is 3.02. The molecule has 0 N–H and O–H groups in total. The Balaban J connectivity index is 1.45. The molecule has 0 radical (unpaired) electrons. The van der Waals surface area contributed by atoms with Crippen LogP contribution in [0.1, 0.15) is 28.5 Å². The van der Waals surface area contributed by atoms with Gasteiger partial charge in [-0.3, -0.25) is 4.79 Å². The second-order valence-corrected chi connectivity index (χ2v) is 10.5. The van der Waals surface area contributed by atoms with Crippen molar-refractivity contribution in [3.8, 4) is 11.5 Å². The van der Waals surface area contributed by atoms with E-state index in [1.807, 2.05) is 36.4 Å². The van der Waals surface area contributed by atoms with Crippen LogP contribution in [0.2, 0.25) is 0 Å². The highest BCUT2D eigenvalue weighted by Crippen LogP contribution is 2.39. The van der Waals surface area contributed by atoms with Gasteiger partial charge in [-0.25, -0.2) is 0 Å². The lowest BCUT2D eigenvalue weighted by Gasteiger charge is -2.38. The first kappa shape index (κ1) is 27.0. The number of furan rings is 1. The number of fused-ring (bicyclic) bond motifs is 2. The number of nitrogens with zero attached hydrogens (tertiary/aromatic N) is 1. The zero-order valence-electron chi connectivity index (χ0n) is 21.6. The average molecular weight is 556 g/mol. The van der Waals surface area contributed by atoms with E-state index in [0.717, 1.165) is 32.9 Å². The topological polar surface area (TPSA) is 51.9 Å². The van der Waals surface area contributed by atoms with Gasteiger partial charge in [0.25, 0.3) is 0 Å². The Morgan fingerprint density at radius 2 is 1.79 bits per heavy atom. The summed E-state index contributed by atoms with van der Waals surface area (Å²) in [5, 5.41) is 0.812. The molecule has 0 saturated heterocycles. The second-order valence-electron chi connectivity index (χ2n) is 9.37. The van der Waals surface area contributed by atoms with E-state index >= 15 is 0 Å². The molecule has 0 saturated carbocycles. The van der Waals surface area contributed by atoms with E-state index in [4.69, 9.17) is 13.9 Å². The molecule has 1 aliphatic rings. The van der Waals surface area contributed by atoms with Crippen molar-refractivity contribution in [1.82, 2.24) is 4.90 Å². The number of alkyl halides is 3. The Morgan fingerprint density at radius 1 is 1.03 bits per heavy atom. The Labute approximate surface area is 228 Å². The summed E-state index contributed by atoms with van der Waals surface area (Å²) in [6.07, 6.45) is -3.74. The minimum Gasteiger partial charge on any atom is -0.493 e. The number of carbonyl (C=O) groups is 1. The fraction of sp³-hybridized carbons (Fsp3) is 0.300. The number of carbonyl (C=O) groups excluding carboxylic acids is 1. The highest BCUT2D eigenvalue weighted by molar-refractivity contribution is 7.99. The highest BCUT2D eigenvalue weighted by Gasteiger charge is 2.46. The Bertz CT molecular complexity index is 1470. The first-order chi connectivity index (χ1) is 18.8. The van der Waals surface area contributed by atoms with Gasteiger partial charge in [-0.05, 0) is 72.0 Å². The average Bonchev–Trinajstić information content (AvgIpc) is 3.33. The fourth-order valence-electron chi connectivity index (χ4n) is 5.06. The molecule has 1 unspecified atom stereocenters. The third kappa shape index (κ3) is 5.88. The molecule has 4 aromatic rings. The Kier molecular flexibility index (Phi) is 7.79. The fourth-order valence-corrected chi connectivity index (χ4v) is 5.95. The number of amides is 1. The van der Waals surface area contributed by atoms with E-state index in [9.17, 15) is 18.0 Å². The smallest absolute Gasteiger partial charge is 0.471 e.